The largest absolute Gasteiger partial charge is 0.355 e. The Hall–Kier alpha value is -2.63. The number of nitrogens with zero attached hydrogens (tertiary/aromatic N) is 3. The van der Waals surface area contributed by atoms with Gasteiger partial charge in [0.1, 0.15) is 0 Å². The van der Waals surface area contributed by atoms with E-state index in [1.165, 1.54) is 12.8 Å². The van der Waals surface area contributed by atoms with Gasteiger partial charge in [-0.15, -0.1) is 10.2 Å². The Balaban J connectivity index is 1.52. The Kier molecular flexibility index (Phi) is 5.46. The first-order valence-corrected chi connectivity index (χ1v) is 9.81. The van der Waals surface area contributed by atoms with E-state index in [1.807, 2.05) is 36.4 Å². The van der Waals surface area contributed by atoms with Crippen molar-refractivity contribution in [1.82, 2.24) is 10.2 Å². The minimum Gasteiger partial charge on any atom is -0.355 e. The van der Waals surface area contributed by atoms with E-state index in [2.05, 4.69) is 20.4 Å². The Morgan fingerprint density at radius 1 is 0.964 bits per heavy atom. The minimum atomic E-state index is -0.297. The van der Waals surface area contributed by atoms with Crippen LogP contribution in [-0.2, 0) is 0 Å². The fourth-order valence-corrected chi connectivity index (χ4v) is 3.72. The number of rotatable bonds is 4. The normalized spacial score (nSPS) is 13.6. The molecule has 0 aliphatic carbocycles. The SMILES string of the molecule is O=C(Nc1cccc(-c2ccc(N3CCCC3)nn2)c1)c1ccc(Cl)cc1Cl. The topological polar surface area (TPSA) is 58.1 Å². The van der Waals surface area contributed by atoms with Crippen LogP contribution in [0.15, 0.2) is 54.6 Å². The molecule has 1 aromatic heterocycles. The van der Waals surface area contributed by atoms with Crippen molar-refractivity contribution in [1.29, 1.82) is 0 Å². The van der Waals surface area contributed by atoms with Gasteiger partial charge in [-0.25, -0.2) is 0 Å². The van der Waals surface area contributed by atoms with Crippen LogP contribution in [-0.4, -0.2) is 29.2 Å². The summed E-state index contributed by atoms with van der Waals surface area (Å²) in [5, 5.41) is 12.4. The van der Waals surface area contributed by atoms with E-state index in [1.54, 1.807) is 18.2 Å². The van der Waals surface area contributed by atoms with Gasteiger partial charge < -0.3 is 10.2 Å². The van der Waals surface area contributed by atoms with Gasteiger partial charge in [0.15, 0.2) is 5.82 Å². The summed E-state index contributed by atoms with van der Waals surface area (Å²) < 4.78 is 0. The highest BCUT2D eigenvalue weighted by molar-refractivity contribution is 6.37. The van der Waals surface area contributed by atoms with Crippen molar-refractivity contribution in [2.24, 2.45) is 0 Å². The molecule has 1 aliphatic rings. The van der Waals surface area contributed by atoms with Gasteiger partial charge in [-0.2, -0.15) is 0 Å². The highest BCUT2D eigenvalue weighted by Gasteiger charge is 2.15. The maximum atomic E-state index is 12.5. The molecular formula is C21H18Cl2N4O. The van der Waals surface area contributed by atoms with E-state index >= 15 is 0 Å². The van der Waals surface area contributed by atoms with Crippen LogP contribution in [0.3, 0.4) is 0 Å². The molecule has 1 aliphatic heterocycles. The molecule has 0 atom stereocenters. The third-order valence-electron chi connectivity index (χ3n) is 4.67. The van der Waals surface area contributed by atoms with Crippen LogP contribution in [0.1, 0.15) is 23.2 Å². The fourth-order valence-electron chi connectivity index (χ4n) is 3.22. The van der Waals surface area contributed by atoms with Crippen LogP contribution in [0, 0.1) is 0 Å². The number of anilines is 2. The fraction of sp³-hybridized carbons (Fsp3) is 0.190. The van der Waals surface area contributed by atoms with Gasteiger partial charge >= 0.3 is 0 Å². The number of amides is 1. The summed E-state index contributed by atoms with van der Waals surface area (Å²) in [6, 6.07) is 16.2. The van der Waals surface area contributed by atoms with E-state index in [0.717, 1.165) is 30.2 Å². The molecule has 7 heteroatoms. The van der Waals surface area contributed by atoms with Crippen LogP contribution in [0.4, 0.5) is 11.5 Å². The van der Waals surface area contributed by atoms with E-state index in [9.17, 15) is 4.79 Å². The molecule has 1 N–H and O–H groups in total. The van der Waals surface area contributed by atoms with Gasteiger partial charge in [0.25, 0.3) is 5.91 Å². The third kappa shape index (κ3) is 4.11. The highest BCUT2D eigenvalue weighted by Crippen LogP contribution is 2.25. The van der Waals surface area contributed by atoms with Gasteiger partial charge in [-0.3, -0.25) is 4.79 Å². The molecule has 3 aromatic rings. The molecule has 0 spiro atoms. The van der Waals surface area contributed by atoms with Crippen LogP contribution in [0.5, 0.6) is 0 Å². The van der Waals surface area contributed by atoms with Crippen molar-refractivity contribution in [2.45, 2.75) is 12.8 Å². The number of nitrogens with one attached hydrogen (secondary N) is 1. The van der Waals surface area contributed by atoms with Crippen LogP contribution < -0.4 is 10.2 Å². The van der Waals surface area contributed by atoms with E-state index in [4.69, 9.17) is 23.2 Å². The molecular weight excluding hydrogens is 395 g/mol. The van der Waals surface area contributed by atoms with Gasteiger partial charge in [0.05, 0.1) is 16.3 Å². The van der Waals surface area contributed by atoms with E-state index in [-0.39, 0.29) is 5.91 Å². The average molecular weight is 413 g/mol. The van der Waals surface area contributed by atoms with Gasteiger partial charge in [0.2, 0.25) is 0 Å². The lowest BCUT2D eigenvalue weighted by Crippen LogP contribution is -2.19. The number of benzene rings is 2. The summed E-state index contributed by atoms with van der Waals surface area (Å²) in [6.07, 6.45) is 2.39. The highest BCUT2D eigenvalue weighted by atomic mass is 35.5. The molecule has 28 heavy (non-hydrogen) atoms. The lowest BCUT2D eigenvalue weighted by Gasteiger charge is -2.15. The summed E-state index contributed by atoms with van der Waals surface area (Å²) in [7, 11) is 0. The second-order valence-corrected chi connectivity index (χ2v) is 7.47. The Morgan fingerprint density at radius 2 is 1.79 bits per heavy atom. The predicted molar refractivity (Wildman–Crippen MR) is 113 cm³/mol. The first kappa shape index (κ1) is 18.7. The molecule has 1 amide bonds. The molecule has 142 valence electrons. The second-order valence-electron chi connectivity index (χ2n) is 6.63. The van der Waals surface area contributed by atoms with Crippen molar-refractivity contribution < 1.29 is 4.79 Å². The summed E-state index contributed by atoms with van der Waals surface area (Å²) in [6.45, 7) is 2.06. The number of carbonyl (C=O) groups excluding carboxylic acids is 1. The van der Waals surface area contributed by atoms with Crippen molar-refractivity contribution in [3.8, 4) is 11.3 Å². The first-order valence-electron chi connectivity index (χ1n) is 9.06. The Morgan fingerprint density at radius 3 is 2.50 bits per heavy atom. The number of aromatic nitrogens is 2. The van der Waals surface area contributed by atoms with Crippen molar-refractivity contribution in [3.63, 3.8) is 0 Å². The van der Waals surface area contributed by atoms with Crippen LogP contribution >= 0.6 is 23.2 Å². The monoisotopic (exact) mass is 412 g/mol. The van der Waals surface area contributed by atoms with Crippen molar-refractivity contribution in [3.05, 3.63) is 70.2 Å². The Bertz CT molecular complexity index is 1000. The van der Waals surface area contributed by atoms with E-state index < -0.39 is 0 Å². The molecule has 0 saturated carbocycles. The number of hydrogen-bond acceptors (Lipinski definition) is 4. The maximum absolute atomic E-state index is 12.5. The molecule has 0 bridgehead atoms. The minimum absolute atomic E-state index is 0.297. The third-order valence-corrected chi connectivity index (χ3v) is 5.22. The first-order chi connectivity index (χ1) is 13.6. The molecule has 1 fully saturated rings. The number of halogens is 2. The van der Waals surface area contributed by atoms with Crippen LogP contribution in [0.2, 0.25) is 10.0 Å². The van der Waals surface area contributed by atoms with E-state index in [0.29, 0.717) is 21.3 Å². The Labute approximate surface area is 173 Å². The van der Waals surface area contributed by atoms with Crippen LogP contribution in [0.25, 0.3) is 11.3 Å². The molecule has 1 saturated heterocycles. The van der Waals surface area contributed by atoms with Crippen molar-refractivity contribution >= 4 is 40.6 Å². The molecule has 4 rings (SSSR count). The summed E-state index contributed by atoms with van der Waals surface area (Å²) >= 11 is 12.0. The lowest BCUT2D eigenvalue weighted by atomic mass is 10.1. The number of hydrogen-bond donors (Lipinski definition) is 1. The van der Waals surface area contributed by atoms with Gasteiger partial charge in [0, 0.05) is 29.4 Å². The van der Waals surface area contributed by atoms with Gasteiger partial charge in [-0.05, 0) is 55.3 Å². The lowest BCUT2D eigenvalue weighted by molar-refractivity contribution is 0.102. The zero-order valence-corrected chi connectivity index (χ0v) is 16.5. The quantitative estimate of drug-likeness (QED) is 0.631. The standard InChI is InChI=1S/C21H18Cl2N4O/c22-15-6-7-17(18(23)13-15)21(28)24-16-5-3-4-14(12-16)19-8-9-20(26-25-19)27-10-1-2-11-27/h3-9,12-13H,1-2,10-11H2,(H,24,28). The molecule has 5 nitrogen and oxygen atoms in total. The number of carbonyl (C=O) groups is 1. The zero-order chi connectivity index (χ0) is 19.5. The maximum Gasteiger partial charge on any atom is 0.257 e. The smallest absolute Gasteiger partial charge is 0.257 e. The summed E-state index contributed by atoms with van der Waals surface area (Å²) in [4.78, 5) is 14.8. The summed E-state index contributed by atoms with van der Waals surface area (Å²) in [5.74, 6) is 0.609. The molecule has 0 unspecified atom stereocenters. The molecule has 2 aromatic carbocycles. The molecule has 2 heterocycles. The van der Waals surface area contributed by atoms with Crippen molar-refractivity contribution in [2.75, 3.05) is 23.3 Å². The second kappa shape index (κ2) is 8.17. The predicted octanol–water partition coefficient (Wildman–Crippen LogP) is 5.30. The summed E-state index contributed by atoms with van der Waals surface area (Å²) in [5.41, 5.74) is 2.65. The molecule has 0 radical (unpaired) electrons. The van der Waals surface area contributed by atoms with Gasteiger partial charge in [-0.1, -0.05) is 35.3 Å². The average Bonchev–Trinajstić information content (AvgIpc) is 3.23. The zero-order valence-electron chi connectivity index (χ0n) is 15.0.